The van der Waals surface area contributed by atoms with Gasteiger partial charge < -0.3 is 10.2 Å². The molecule has 1 aliphatic heterocycles. The van der Waals surface area contributed by atoms with Crippen molar-refractivity contribution in [3.63, 3.8) is 0 Å². The average Bonchev–Trinajstić information content (AvgIpc) is 2.64. The van der Waals surface area contributed by atoms with Crippen LogP contribution in [-0.2, 0) is 14.8 Å². The molecule has 1 aliphatic rings. The summed E-state index contributed by atoms with van der Waals surface area (Å²) < 4.78 is 27.4. The highest BCUT2D eigenvalue weighted by atomic mass is 32.2. The number of benzene rings is 1. The van der Waals surface area contributed by atoms with Crippen LogP contribution in [0.1, 0.15) is 57.3 Å². The summed E-state index contributed by atoms with van der Waals surface area (Å²) in [6.45, 7) is 8.94. The minimum atomic E-state index is -3.64. The van der Waals surface area contributed by atoms with E-state index in [0.717, 1.165) is 19.3 Å². The third-order valence-electron chi connectivity index (χ3n) is 4.48. The van der Waals surface area contributed by atoms with E-state index in [1.54, 1.807) is 25.7 Å². The third-order valence-corrected chi connectivity index (χ3v) is 6.25. The number of nitrogens with zero attached hydrogens (tertiary/aromatic N) is 1. The standard InChI is InChI=1S/C20H31N3O4S/c1-5-12-21-18(24)16-7-6-13-23(14-16)19(25)15-8-10-17(11-9-15)28(26,27)22-20(2,3)4/h8-11,16,22H,5-7,12-14H2,1-4H3,(H,21,24). The highest BCUT2D eigenvalue weighted by molar-refractivity contribution is 7.89. The largest absolute Gasteiger partial charge is 0.356 e. The van der Waals surface area contributed by atoms with Crippen LogP contribution in [0.25, 0.3) is 0 Å². The highest BCUT2D eigenvalue weighted by Gasteiger charge is 2.29. The van der Waals surface area contributed by atoms with Crippen LogP contribution in [0, 0.1) is 5.92 Å². The number of likely N-dealkylation sites (tertiary alicyclic amines) is 1. The maximum atomic E-state index is 12.8. The number of piperidine rings is 1. The zero-order chi connectivity index (χ0) is 20.9. The molecule has 1 saturated heterocycles. The maximum absolute atomic E-state index is 12.8. The predicted molar refractivity (Wildman–Crippen MR) is 108 cm³/mol. The molecule has 1 fully saturated rings. The zero-order valence-corrected chi connectivity index (χ0v) is 17.9. The molecule has 156 valence electrons. The molecule has 2 N–H and O–H groups in total. The number of carbonyl (C=O) groups is 2. The van der Waals surface area contributed by atoms with Gasteiger partial charge in [0.1, 0.15) is 0 Å². The Hall–Kier alpha value is -1.93. The fraction of sp³-hybridized carbons (Fsp3) is 0.600. The molecule has 2 amide bonds. The van der Waals surface area contributed by atoms with Crippen LogP contribution in [-0.4, -0.2) is 50.3 Å². The molecule has 0 aromatic heterocycles. The Labute approximate surface area is 167 Å². The quantitative estimate of drug-likeness (QED) is 0.752. The van der Waals surface area contributed by atoms with Gasteiger partial charge in [0.25, 0.3) is 5.91 Å². The zero-order valence-electron chi connectivity index (χ0n) is 17.1. The van der Waals surface area contributed by atoms with Gasteiger partial charge in [-0.15, -0.1) is 0 Å². The normalized spacial score (nSPS) is 18.0. The lowest BCUT2D eigenvalue weighted by molar-refractivity contribution is -0.126. The van der Waals surface area contributed by atoms with Crippen LogP contribution in [0.3, 0.4) is 0 Å². The smallest absolute Gasteiger partial charge is 0.253 e. The predicted octanol–water partition coefficient (Wildman–Crippen LogP) is 2.14. The van der Waals surface area contributed by atoms with E-state index in [1.165, 1.54) is 24.3 Å². The van der Waals surface area contributed by atoms with Gasteiger partial charge in [0, 0.05) is 30.7 Å². The summed E-state index contributed by atoms with van der Waals surface area (Å²) in [6, 6.07) is 5.94. The lowest BCUT2D eigenvalue weighted by atomic mass is 9.96. The van der Waals surface area contributed by atoms with E-state index in [4.69, 9.17) is 0 Å². The third kappa shape index (κ3) is 6.04. The van der Waals surface area contributed by atoms with Gasteiger partial charge in [-0.3, -0.25) is 9.59 Å². The van der Waals surface area contributed by atoms with Gasteiger partial charge in [0.15, 0.2) is 0 Å². The second-order valence-electron chi connectivity index (χ2n) is 8.26. The van der Waals surface area contributed by atoms with Gasteiger partial charge in [0.05, 0.1) is 10.8 Å². The minimum Gasteiger partial charge on any atom is -0.356 e. The maximum Gasteiger partial charge on any atom is 0.253 e. The van der Waals surface area contributed by atoms with Crippen molar-refractivity contribution in [3.8, 4) is 0 Å². The molecule has 8 heteroatoms. The molecule has 0 radical (unpaired) electrons. The number of amides is 2. The van der Waals surface area contributed by atoms with Crippen molar-refractivity contribution in [1.29, 1.82) is 0 Å². The SMILES string of the molecule is CCCNC(=O)C1CCCN(C(=O)c2ccc(S(=O)(=O)NC(C)(C)C)cc2)C1. The van der Waals surface area contributed by atoms with Crippen LogP contribution in [0.15, 0.2) is 29.2 Å². The van der Waals surface area contributed by atoms with Gasteiger partial charge in [-0.2, -0.15) is 0 Å². The van der Waals surface area contributed by atoms with E-state index < -0.39 is 15.6 Å². The Kier molecular flexibility index (Phi) is 7.22. The molecule has 7 nitrogen and oxygen atoms in total. The number of hydrogen-bond donors (Lipinski definition) is 2. The molecule has 28 heavy (non-hydrogen) atoms. The number of sulfonamides is 1. The lowest BCUT2D eigenvalue weighted by Crippen LogP contribution is -2.45. The lowest BCUT2D eigenvalue weighted by Gasteiger charge is -2.32. The second kappa shape index (κ2) is 9.05. The van der Waals surface area contributed by atoms with Crippen LogP contribution in [0.2, 0.25) is 0 Å². The topological polar surface area (TPSA) is 95.6 Å². The summed E-state index contributed by atoms with van der Waals surface area (Å²) in [7, 11) is -3.64. The van der Waals surface area contributed by atoms with Gasteiger partial charge in [0.2, 0.25) is 15.9 Å². The number of nitrogens with one attached hydrogen (secondary N) is 2. The van der Waals surface area contributed by atoms with E-state index >= 15 is 0 Å². The average molecular weight is 410 g/mol. The van der Waals surface area contributed by atoms with Crippen LogP contribution < -0.4 is 10.0 Å². The summed E-state index contributed by atoms with van der Waals surface area (Å²) in [5.41, 5.74) is -0.168. The molecule has 2 rings (SSSR count). The first-order valence-corrected chi connectivity index (χ1v) is 11.2. The highest BCUT2D eigenvalue weighted by Crippen LogP contribution is 2.20. The summed E-state index contributed by atoms with van der Waals surface area (Å²) in [5, 5.41) is 2.89. The van der Waals surface area contributed by atoms with Crippen molar-refractivity contribution >= 4 is 21.8 Å². The summed E-state index contributed by atoms with van der Waals surface area (Å²) in [6.07, 6.45) is 2.42. The van der Waals surface area contributed by atoms with E-state index in [1.807, 2.05) is 6.92 Å². The molecule has 1 aromatic rings. The Morgan fingerprint density at radius 1 is 1.18 bits per heavy atom. The molecule has 0 bridgehead atoms. The first-order valence-electron chi connectivity index (χ1n) is 9.74. The fourth-order valence-electron chi connectivity index (χ4n) is 3.19. The number of carbonyl (C=O) groups excluding carboxylic acids is 2. The molecule has 0 saturated carbocycles. The molecule has 1 heterocycles. The molecular weight excluding hydrogens is 378 g/mol. The minimum absolute atomic E-state index is 0.00551. The summed E-state index contributed by atoms with van der Waals surface area (Å²) in [4.78, 5) is 26.8. The molecule has 1 unspecified atom stereocenters. The van der Waals surface area contributed by atoms with Gasteiger partial charge in [-0.25, -0.2) is 13.1 Å². The van der Waals surface area contributed by atoms with E-state index in [9.17, 15) is 18.0 Å². The van der Waals surface area contributed by atoms with E-state index in [-0.39, 0.29) is 22.6 Å². The van der Waals surface area contributed by atoms with E-state index in [0.29, 0.717) is 25.2 Å². The summed E-state index contributed by atoms with van der Waals surface area (Å²) >= 11 is 0. The molecular formula is C20H31N3O4S. The fourth-order valence-corrected chi connectivity index (χ4v) is 4.61. The van der Waals surface area contributed by atoms with E-state index in [2.05, 4.69) is 10.0 Å². The van der Waals surface area contributed by atoms with Crippen molar-refractivity contribution in [3.05, 3.63) is 29.8 Å². The molecule has 1 aromatic carbocycles. The summed E-state index contributed by atoms with van der Waals surface area (Å²) in [5.74, 6) is -0.380. The first kappa shape index (κ1) is 22.4. The molecule has 0 spiro atoms. The molecule has 1 atom stereocenters. The van der Waals surface area contributed by atoms with Crippen molar-refractivity contribution in [2.75, 3.05) is 19.6 Å². The first-order chi connectivity index (χ1) is 13.0. The Morgan fingerprint density at radius 3 is 2.39 bits per heavy atom. The van der Waals surface area contributed by atoms with Crippen LogP contribution >= 0.6 is 0 Å². The number of hydrogen-bond acceptors (Lipinski definition) is 4. The van der Waals surface area contributed by atoms with Crippen molar-refractivity contribution < 1.29 is 18.0 Å². The van der Waals surface area contributed by atoms with Crippen molar-refractivity contribution in [2.45, 2.75) is 57.4 Å². The Morgan fingerprint density at radius 2 is 1.82 bits per heavy atom. The van der Waals surface area contributed by atoms with Crippen molar-refractivity contribution in [1.82, 2.24) is 14.9 Å². The number of rotatable bonds is 6. The second-order valence-corrected chi connectivity index (χ2v) is 9.94. The van der Waals surface area contributed by atoms with Gasteiger partial charge in [-0.1, -0.05) is 6.92 Å². The van der Waals surface area contributed by atoms with Gasteiger partial charge >= 0.3 is 0 Å². The van der Waals surface area contributed by atoms with Gasteiger partial charge in [-0.05, 0) is 64.3 Å². The van der Waals surface area contributed by atoms with Crippen LogP contribution in [0.5, 0.6) is 0 Å². The Bertz CT molecular complexity index is 798. The Balaban J connectivity index is 2.07. The molecule has 0 aliphatic carbocycles. The van der Waals surface area contributed by atoms with Crippen molar-refractivity contribution in [2.24, 2.45) is 5.92 Å². The van der Waals surface area contributed by atoms with Crippen LogP contribution in [0.4, 0.5) is 0 Å². The monoisotopic (exact) mass is 409 g/mol.